The van der Waals surface area contributed by atoms with Gasteiger partial charge >= 0.3 is 0 Å². The van der Waals surface area contributed by atoms with Gasteiger partial charge in [-0.05, 0) is 26.2 Å². The molecule has 1 aliphatic rings. The van der Waals surface area contributed by atoms with Gasteiger partial charge in [0.05, 0.1) is 16.8 Å². The Kier molecular flexibility index (Phi) is 5.49. The number of carbonyl (C=O) groups excluding carboxylic acids is 1. The second-order valence-corrected chi connectivity index (χ2v) is 9.12. The average molecular weight is 346 g/mol. The van der Waals surface area contributed by atoms with Gasteiger partial charge < -0.3 is 9.88 Å². The van der Waals surface area contributed by atoms with Gasteiger partial charge in [-0.25, -0.2) is 8.42 Å². The van der Waals surface area contributed by atoms with Crippen LogP contribution >= 0.6 is 11.8 Å². The minimum absolute atomic E-state index is 0.0288. The van der Waals surface area contributed by atoms with Crippen LogP contribution < -0.4 is 5.32 Å². The Morgan fingerprint density at radius 2 is 2.23 bits per heavy atom. The molecule has 124 valence electrons. The van der Waals surface area contributed by atoms with E-state index in [9.17, 15) is 13.2 Å². The highest BCUT2D eigenvalue weighted by atomic mass is 32.2. The lowest BCUT2D eigenvalue weighted by Gasteiger charge is -2.11. The van der Waals surface area contributed by atoms with Crippen LogP contribution in [0, 0.1) is 5.92 Å². The Labute approximate surface area is 135 Å². The first-order chi connectivity index (χ1) is 10.3. The molecule has 0 aliphatic carbocycles. The van der Waals surface area contributed by atoms with E-state index in [0.29, 0.717) is 24.5 Å². The molecular weight excluding hydrogens is 324 g/mol. The number of nitrogens with zero attached hydrogens (tertiary/aromatic N) is 3. The smallest absolute Gasteiger partial charge is 0.233 e. The number of nitrogens with one attached hydrogen (secondary N) is 1. The third kappa shape index (κ3) is 4.22. The molecule has 0 aromatic carbocycles. The van der Waals surface area contributed by atoms with Crippen molar-refractivity contribution in [2.45, 2.75) is 37.1 Å². The molecule has 0 saturated carbocycles. The fraction of sp³-hybridized carbons (Fsp3) is 0.769. The molecule has 0 unspecified atom stereocenters. The van der Waals surface area contributed by atoms with Gasteiger partial charge in [-0.1, -0.05) is 11.8 Å². The Balaban J connectivity index is 1.99. The third-order valence-electron chi connectivity index (χ3n) is 3.73. The highest BCUT2D eigenvalue weighted by molar-refractivity contribution is 8.00. The molecule has 22 heavy (non-hydrogen) atoms. The predicted molar refractivity (Wildman–Crippen MR) is 85.5 cm³/mol. The molecule has 0 spiro atoms. The first-order valence-electron chi connectivity index (χ1n) is 7.35. The van der Waals surface area contributed by atoms with Gasteiger partial charge in [-0.3, -0.25) is 4.79 Å². The quantitative estimate of drug-likeness (QED) is 0.750. The molecule has 9 heteroatoms. The van der Waals surface area contributed by atoms with Crippen LogP contribution in [0.1, 0.15) is 26.1 Å². The summed E-state index contributed by atoms with van der Waals surface area (Å²) in [4.78, 5) is 11.8. The Hall–Kier alpha value is -1.09. The summed E-state index contributed by atoms with van der Waals surface area (Å²) in [6.45, 7) is 4.31. The molecule has 1 saturated heterocycles. The average Bonchev–Trinajstić information content (AvgIpc) is 2.95. The van der Waals surface area contributed by atoms with E-state index >= 15 is 0 Å². The summed E-state index contributed by atoms with van der Waals surface area (Å²) in [7, 11) is -1.02. The molecular formula is C13H22N4O3S2. The van der Waals surface area contributed by atoms with Crippen molar-refractivity contribution in [2.75, 3.05) is 18.1 Å². The molecule has 2 atom stereocenters. The van der Waals surface area contributed by atoms with Gasteiger partial charge in [0.2, 0.25) is 5.91 Å². The van der Waals surface area contributed by atoms with Crippen molar-refractivity contribution in [2.24, 2.45) is 13.0 Å². The lowest BCUT2D eigenvalue weighted by molar-refractivity contribution is -0.120. The molecule has 7 nitrogen and oxygen atoms in total. The second-order valence-electron chi connectivity index (χ2n) is 5.59. The van der Waals surface area contributed by atoms with E-state index in [2.05, 4.69) is 15.5 Å². The molecule has 1 amide bonds. The highest BCUT2D eigenvalue weighted by Crippen LogP contribution is 2.25. The van der Waals surface area contributed by atoms with Crippen molar-refractivity contribution in [1.29, 1.82) is 0 Å². The van der Waals surface area contributed by atoms with Crippen LogP contribution in [0.25, 0.3) is 0 Å². The maximum absolute atomic E-state index is 11.8. The van der Waals surface area contributed by atoms with Crippen LogP contribution in [0.3, 0.4) is 0 Å². The van der Waals surface area contributed by atoms with E-state index in [1.54, 1.807) is 0 Å². The van der Waals surface area contributed by atoms with Gasteiger partial charge in [0.25, 0.3) is 0 Å². The summed E-state index contributed by atoms with van der Waals surface area (Å²) in [5.41, 5.74) is 0. The number of amides is 1. The molecule has 1 N–H and O–H groups in total. The molecule has 1 aromatic heterocycles. The van der Waals surface area contributed by atoms with Crippen molar-refractivity contribution >= 4 is 27.5 Å². The normalized spacial score (nSPS) is 21.7. The van der Waals surface area contributed by atoms with Gasteiger partial charge in [-0.2, -0.15) is 0 Å². The summed E-state index contributed by atoms with van der Waals surface area (Å²) in [5.74, 6) is 1.36. The van der Waals surface area contributed by atoms with Gasteiger partial charge in [-0.15, -0.1) is 10.2 Å². The Morgan fingerprint density at radius 3 is 2.82 bits per heavy atom. The molecule has 1 aliphatic heterocycles. The molecule has 0 bridgehead atoms. The molecule has 0 radical (unpaired) electrons. The van der Waals surface area contributed by atoms with Crippen LogP contribution in [0.5, 0.6) is 0 Å². The molecule has 1 fully saturated rings. The first-order valence-corrected chi connectivity index (χ1v) is 10.1. The fourth-order valence-electron chi connectivity index (χ4n) is 2.45. The van der Waals surface area contributed by atoms with Gasteiger partial charge in [0, 0.05) is 20.0 Å². The second kappa shape index (κ2) is 6.99. The fourth-order valence-corrected chi connectivity index (χ4v) is 5.17. The van der Waals surface area contributed by atoms with Crippen molar-refractivity contribution in [1.82, 2.24) is 20.1 Å². The Morgan fingerprint density at radius 1 is 1.50 bits per heavy atom. The summed E-state index contributed by atoms with van der Waals surface area (Å²) < 4.78 is 24.9. The van der Waals surface area contributed by atoms with Crippen molar-refractivity contribution in [3.8, 4) is 0 Å². The molecule has 2 heterocycles. The number of sulfone groups is 1. The van der Waals surface area contributed by atoms with Gasteiger partial charge in [0.1, 0.15) is 5.82 Å². The van der Waals surface area contributed by atoms with E-state index in [-0.39, 0.29) is 28.6 Å². The van der Waals surface area contributed by atoms with Crippen LogP contribution in [0.4, 0.5) is 0 Å². The zero-order valence-electron chi connectivity index (χ0n) is 13.1. The predicted octanol–water partition coefficient (Wildman–Crippen LogP) is 0.409. The van der Waals surface area contributed by atoms with Gasteiger partial charge in [0.15, 0.2) is 15.0 Å². The monoisotopic (exact) mass is 346 g/mol. The zero-order valence-corrected chi connectivity index (χ0v) is 14.7. The highest BCUT2D eigenvalue weighted by Gasteiger charge is 2.29. The third-order valence-corrected chi connectivity index (χ3v) is 6.70. The van der Waals surface area contributed by atoms with Crippen molar-refractivity contribution in [3.63, 3.8) is 0 Å². The minimum atomic E-state index is -2.87. The zero-order chi connectivity index (χ0) is 16.3. The van der Waals surface area contributed by atoms with Crippen LogP contribution in [-0.4, -0.2) is 52.4 Å². The maximum Gasteiger partial charge on any atom is 0.233 e. The standard InChI is InChI=1S/C13H22N4O3S2/c1-4-14-12(18)9(2)21-13-16-15-11(17(13)3)7-10-5-6-22(19,20)8-10/h9-10H,4-8H2,1-3H3,(H,14,18)/t9-,10+/m1/s1. The first kappa shape index (κ1) is 17.3. The van der Waals surface area contributed by atoms with Crippen molar-refractivity contribution in [3.05, 3.63) is 5.82 Å². The number of aromatic nitrogens is 3. The SMILES string of the molecule is CCNC(=O)[C@@H](C)Sc1nnc(C[C@@H]2CCS(=O)(=O)C2)n1C. The lowest BCUT2D eigenvalue weighted by Crippen LogP contribution is -2.30. The van der Waals surface area contributed by atoms with E-state index in [4.69, 9.17) is 0 Å². The maximum atomic E-state index is 11.8. The largest absolute Gasteiger partial charge is 0.355 e. The van der Waals surface area contributed by atoms with E-state index in [0.717, 1.165) is 5.82 Å². The number of hydrogen-bond donors (Lipinski definition) is 1. The number of hydrogen-bond acceptors (Lipinski definition) is 6. The number of thioether (sulfide) groups is 1. The summed E-state index contributed by atoms with van der Waals surface area (Å²) in [5, 5.41) is 11.5. The van der Waals surface area contributed by atoms with E-state index in [1.165, 1.54) is 11.8 Å². The minimum Gasteiger partial charge on any atom is -0.355 e. The van der Waals surface area contributed by atoms with Crippen LogP contribution in [0.15, 0.2) is 5.16 Å². The molecule has 2 rings (SSSR count). The van der Waals surface area contributed by atoms with Crippen LogP contribution in [-0.2, 0) is 28.1 Å². The number of carbonyl (C=O) groups is 1. The summed E-state index contributed by atoms with van der Waals surface area (Å²) >= 11 is 1.36. The van der Waals surface area contributed by atoms with Crippen LogP contribution in [0.2, 0.25) is 0 Å². The lowest BCUT2D eigenvalue weighted by atomic mass is 10.1. The number of rotatable bonds is 6. The Bertz CT molecular complexity index is 642. The summed E-state index contributed by atoms with van der Waals surface area (Å²) in [6, 6.07) is 0. The van der Waals surface area contributed by atoms with E-state index in [1.807, 2.05) is 25.5 Å². The molecule has 1 aromatic rings. The summed E-state index contributed by atoms with van der Waals surface area (Å²) in [6.07, 6.45) is 1.30. The van der Waals surface area contributed by atoms with E-state index < -0.39 is 9.84 Å². The topological polar surface area (TPSA) is 94.0 Å². The van der Waals surface area contributed by atoms with Crippen molar-refractivity contribution < 1.29 is 13.2 Å².